The van der Waals surface area contributed by atoms with Gasteiger partial charge in [-0.1, -0.05) is 23.2 Å². The number of rotatable bonds is 7. The van der Waals surface area contributed by atoms with Gasteiger partial charge in [0.25, 0.3) is 5.91 Å². The molecule has 0 unspecified atom stereocenters. The minimum Gasteiger partial charge on any atom is -0.468 e. The Bertz CT molecular complexity index is 967. The number of hydrogen-bond acceptors (Lipinski definition) is 5. The maximum atomic E-state index is 13.4. The maximum Gasteiger partial charge on any atom is 0.411 e. The van der Waals surface area contributed by atoms with Gasteiger partial charge in [0, 0.05) is 28.9 Å². The molecule has 2 bridgehead atoms. The van der Waals surface area contributed by atoms with Crippen molar-refractivity contribution in [1.82, 2.24) is 10.3 Å². The van der Waals surface area contributed by atoms with E-state index in [-0.39, 0.29) is 40.8 Å². The van der Waals surface area contributed by atoms with Crippen LogP contribution in [-0.4, -0.2) is 35.7 Å². The molecule has 2 amide bonds. The first-order chi connectivity index (χ1) is 14.3. The van der Waals surface area contributed by atoms with Crippen LogP contribution >= 0.6 is 23.2 Å². The van der Waals surface area contributed by atoms with Crippen LogP contribution in [0.3, 0.4) is 0 Å². The van der Waals surface area contributed by atoms with Crippen LogP contribution in [0.1, 0.15) is 19.3 Å². The summed E-state index contributed by atoms with van der Waals surface area (Å²) < 4.78 is 24.0. The van der Waals surface area contributed by atoms with E-state index in [9.17, 15) is 14.0 Å². The summed E-state index contributed by atoms with van der Waals surface area (Å²) in [5, 5.41) is 5.91. The average Bonchev–Trinajstić information content (AvgIpc) is 2.65. The van der Waals surface area contributed by atoms with E-state index in [0.717, 1.165) is 25.3 Å². The Morgan fingerprint density at radius 1 is 1.17 bits per heavy atom. The Balaban J connectivity index is 1.16. The SMILES string of the molecule is O=C(COc1ccc(Cl)cn1)NC12CC(COC(=O)Nc3ccc(Cl)c(F)c3)(C1)C2. The topological polar surface area (TPSA) is 89.6 Å². The summed E-state index contributed by atoms with van der Waals surface area (Å²) in [5.41, 5.74) is -0.111. The molecule has 2 N–H and O–H groups in total. The van der Waals surface area contributed by atoms with Crippen molar-refractivity contribution < 1.29 is 23.5 Å². The van der Waals surface area contributed by atoms with E-state index in [0.29, 0.717) is 10.9 Å². The average molecular weight is 454 g/mol. The predicted molar refractivity (Wildman–Crippen MR) is 108 cm³/mol. The van der Waals surface area contributed by atoms with Crippen LogP contribution in [0, 0.1) is 11.2 Å². The van der Waals surface area contributed by atoms with Crippen molar-refractivity contribution in [2.24, 2.45) is 5.41 Å². The number of pyridine rings is 1. The lowest BCUT2D eigenvalue weighted by atomic mass is 9.39. The van der Waals surface area contributed by atoms with Crippen molar-refractivity contribution in [3.05, 3.63) is 52.4 Å². The molecule has 158 valence electrons. The fourth-order valence-corrected chi connectivity index (χ4v) is 4.38. The number of aromatic nitrogens is 1. The first-order valence-corrected chi connectivity index (χ1v) is 9.96. The highest BCUT2D eigenvalue weighted by atomic mass is 35.5. The number of ether oxygens (including phenoxy) is 2. The summed E-state index contributed by atoms with van der Waals surface area (Å²) in [7, 11) is 0. The van der Waals surface area contributed by atoms with Crippen LogP contribution in [0.15, 0.2) is 36.5 Å². The minimum absolute atomic E-state index is 0.0232. The molecule has 2 aromatic rings. The fourth-order valence-electron chi connectivity index (χ4n) is 4.15. The molecule has 0 aliphatic heterocycles. The highest BCUT2D eigenvalue weighted by Crippen LogP contribution is 2.67. The van der Waals surface area contributed by atoms with Crippen molar-refractivity contribution in [2.75, 3.05) is 18.5 Å². The van der Waals surface area contributed by atoms with E-state index in [1.807, 2.05) is 0 Å². The highest BCUT2D eigenvalue weighted by molar-refractivity contribution is 6.31. The molecule has 0 atom stereocenters. The zero-order valence-electron chi connectivity index (χ0n) is 15.7. The molecule has 1 heterocycles. The predicted octanol–water partition coefficient (Wildman–Crippen LogP) is 4.19. The number of anilines is 1. The van der Waals surface area contributed by atoms with Gasteiger partial charge in [-0.15, -0.1) is 0 Å². The van der Waals surface area contributed by atoms with Gasteiger partial charge in [-0.25, -0.2) is 14.2 Å². The number of halogens is 3. The first kappa shape index (κ1) is 20.7. The van der Waals surface area contributed by atoms with Gasteiger partial charge in [-0.2, -0.15) is 0 Å². The van der Waals surface area contributed by atoms with Crippen molar-refractivity contribution >= 4 is 40.9 Å². The molecule has 0 radical (unpaired) electrons. The lowest BCUT2D eigenvalue weighted by Crippen LogP contribution is -2.76. The smallest absolute Gasteiger partial charge is 0.411 e. The number of hydrogen-bond donors (Lipinski definition) is 2. The van der Waals surface area contributed by atoms with Gasteiger partial charge in [-0.05, 0) is 43.5 Å². The number of carbonyl (C=O) groups is 2. The van der Waals surface area contributed by atoms with E-state index in [4.69, 9.17) is 32.7 Å². The molecule has 3 aliphatic rings. The summed E-state index contributed by atoms with van der Waals surface area (Å²) in [4.78, 5) is 28.0. The van der Waals surface area contributed by atoms with Gasteiger partial charge >= 0.3 is 6.09 Å². The molecule has 1 aromatic carbocycles. The van der Waals surface area contributed by atoms with Gasteiger partial charge in [0.05, 0.1) is 16.7 Å². The molecule has 3 saturated carbocycles. The normalized spacial score (nSPS) is 23.6. The summed E-state index contributed by atoms with van der Waals surface area (Å²) in [6.07, 6.45) is 2.97. The second-order valence-corrected chi connectivity index (χ2v) is 8.64. The van der Waals surface area contributed by atoms with Gasteiger partial charge in [0.15, 0.2) is 6.61 Å². The number of carbonyl (C=O) groups excluding carboxylic acids is 2. The van der Waals surface area contributed by atoms with Crippen molar-refractivity contribution in [3.8, 4) is 5.88 Å². The Kier molecular flexibility index (Phi) is 5.46. The van der Waals surface area contributed by atoms with Gasteiger partial charge < -0.3 is 14.8 Å². The van der Waals surface area contributed by atoms with E-state index < -0.39 is 11.9 Å². The molecule has 1 aromatic heterocycles. The van der Waals surface area contributed by atoms with Crippen molar-refractivity contribution in [3.63, 3.8) is 0 Å². The minimum atomic E-state index is -0.664. The third-order valence-corrected chi connectivity index (χ3v) is 5.80. The third-order valence-electron chi connectivity index (χ3n) is 5.27. The first-order valence-electron chi connectivity index (χ1n) is 9.21. The molecular weight excluding hydrogens is 436 g/mol. The molecule has 3 fully saturated rings. The highest BCUT2D eigenvalue weighted by Gasteiger charge is 2.69. The van der Waals surface area contributed by atoms with E-state index in [2.05, 4.69) is 15.6 Å². The van der Waals surface area contributed by atoms with Crippen LogP contribution in [0.4, 0.5) is 14.9 Å². The number of nitrogens with zero attached hydrogens (tertiary/aromatic N) is 1. The molecule has 7 nitrogen and oxygen atoms in total. The zero-order valence-corrected chi connectivity index (χ0v) is 17.2. The zero-order chi connectivity index (χ0) is 21.4. The third kappa shape index (κ3) is 4.44. The van der Waals surface area contributed by atoms with Crippen LogP contribution in [0.25, 0.3) is 0 Å². The van der Waals surface area contributed by atoms with Crippen LogP contribution < -0.4 is 15.4 Å². The van der Waals surface area contributed by atoms with E-state index >= 15 is 0 Å². The summed E-state index contributed by atoms with van der Waals surface area (Å²) in [5.74, 6) is -0.533. The molecule has 30 heavy (non-hydrogen) atoms. The Morgan fingerprint density at radius 3 is 2.60 bits per heavy atom. The Morgan fingerprint density at radius 2 is 1.93 bits per heavy atom. The Hall–Kier alpha value is -2.58. The monoisotopic (exact) mass is 453 g/mol. The summed E-state index contributed by atoms with van der Waals surface area (Å²) >= 11 is 11.4. The second-order valence-electron chi connectivity index (χ2n) is 7.79. The van der Waals surface area contributed by atoms with Crippen molar-refractivity contribution in [2.45, 2.75) is 24.8 Å². The van der Waals surface area contributed by atoms with Crippen LogP contribution in [0.5, 0.6) is 5.88 Å². The second kappa shape index (κ2) is 7.92. The molecule has 0 spiro atoms. The largest absolute Gasteiger partial charge is 0.468 e. The van der Waals surface area contributed by atoms with Crippen molar-refractivity contribution in [1.29, 1.82) is 0 Å². The molecular formula is C20H18Cl2FN3O4. The summed E-state index contributed by atoms with van der Waals surface area (Å²) in [6.45, 7) is 0.0949. The molecule has 0 saturated heterocycles. The number of amides is 2. The quantitative estimate of drug-likeness (QED) is 0.655. The van der Waals surface area contributed by atoms with Crippen LogP contribution in [0.2, 0.25) is 10.0 Å². The Labute approximate surface area is 181 Å². The van der Waals surface area contributed by atoms with E-state index in [1.165, 1.54) is 18.3 Å². The number of nitrogens with one attached hydrogen (secondary N) is 2. The van der Waals surface area contributed by atoms with Gasteiger partial charge in [0.2, 0.25) is 5.88 Å². The molecule has 3 aliphatic carbocycles. The van der Waals surface area contributed by atoms with E-state index in [1.54, 1.807) is 12.1 Å². The van der Waals surface area contributed by atoms with Gasteiger partial charge in [0.1, 0.15) is 5.82 Å². The maximum absolute atomic E-state index is 13.4. The molecule has 5 rings (SSSR count). The lowest BCUT2D eigenvalue weighted by molar-refractivity contribution is -0.183. The number of benzene rings is 1. The molecule has 10 heteroatoms. The lowest BCUT2D eigenvalue weighted by Gasteiger charge is -2.70. The fraction of sp³-hybridized carbons (Fsp3) is 0.350. The van der Waals surface area contributed by atoms with Crippen LogP contribution in [-0.2, 0) is 9.53 Å². The standard InChI is InChI=1S/C20H18Cl2FN3O4/c21-12-1-4-17(24-6-12)29-7-16(27)26-20-8-19(9-20,10-20)11-30-18(28)25-13-2-3-14(22)15(23)5-13/h1-6H,7-11H2,(H,25,28)(H,26,27). The van der Waals surface area contributed by atoms with Gasteiger partial charge in [-0.3, -0.25) is 10.1 Å². The summed E-state index contributed by atoms with van der Waals surface area (Å²) in [6, 6.07) is 7.18.